The van der Waals surface area contributed by atoms with E-state index in [-0.39, 0.29) is 23.8 Å². The quantitative estimate of drug-likeness (QED) is 0.822. The van der Waals surface area contributed by atoms with Crippen molar-refractivity contribution in [1.29, 1.82) is 0 Å². The van der Waals surface area contributed by atoms with Crippen LogP contribution in [-0.2, 0) is 4.79 Å². The number of benzene rings is 1. The first-order chi connectivity index (χ1) is 12.5. The van der Waals surface area contributed by atoms with E-state index in [9.17, 15) is 14.4 Å². The molecule has 6 heteroatoms. The first-order valence-corrected chi connectivity index (χ1v) is 9.51. The number of urea groups is 1. The van der Waals surface area contributed by atoms with Crippen molar-refractivity contribution in [3.8, 4) is 0 Å². The zero-order valence-corrected chi connectivity index (χ0v) is 15.4. The topological polar surface area (TPSA) is 69.7 Å². The number of likely N-dealkylation sites (tertiary alicyclic amines) is 2. The van der Waals surface area contributed by atoms with Crippen molar-refractivity contribution < 1.29 is 14.4 Å². The molecule has 2 aliphatic rings. The summed E-state index contributed by atoms with van der Waals surface area (Å²) in [6, 6.07) is 7.05. The number of Topliss-reactive ketones (excluding diaryl/α,β-unsaturated/α-hetero) is 1. The van der Waals surface area contributed by atoms with Crippen LogP contribution in [0.4, 0.5) is 10.5 Å². The van der Waals surface area contributed by atoms with Crippen LogP contribution >= 0.6 is 0 Å². The molecule has 1 atom stereocenters. The van der Waals surface area contributed by atoms with Crippen molar-refractivity contribution in [3.63, 3.8) is 0 Å². The van der Waals surface area contributed by atoms with Crippen LogP contribution in [0.25, 0.3) is 0 Å². The maximum absolute atomic E-state index is 12.7. The second-order valence-electron chi connectivity index (χ2n) is 7.18. The highest BCUT2D eigenvalue weighted by Crippen LogP contribution is 2.22. The predicted octanol–water partition coefficient (Wildman–Crippen LogP) is 3.29. The van der Waals surface area contributed by atoms with Gasteiger partial charge in [-0.05, 0) is 63.3 Å². The van der Waals surface area contributed by atoms with Crippen molar-refractivity contribution in [2.45, 2.75) is 51.5 Å². The van der Waals surface area contributed by atoms with Crippen molar-refractivity contribution in [2.24, 2.45) is 0 Å². The van der Waals surface area contributed by atoms with Crippen molar-refractivity contribution in [2.75, 3.05) is 25.0 Å². The minimum atomic E-state index is -0.0991. The number of carbonyl (C=O) groups excluding carboxylic acids is 3. The zero-order chi connectivity index (χ0) is 18.5. The van der Waals surface area contributed by atoms with E-state index in [0.717, 1.165) is 51.7 Å². The lowest BCUT2D eigenvalue weighted by molar-refractivity contribution is -0.127. The smallest absolute Gasteiger partial charge is 0.322 e. The van der Waals surface area contributed by atoms with Gasteiger partial charge in [0.15, 0.2) is 5.78 Å². The molecule has 1 unspecified atom stereocenters. The molecule has 1 aromatic rings. The van der Waals surface area contributed by atoms with Gasteiger partial charge in [0.05, 0.1) is 0 Å². The van der Waals surface area contributed by atoms with E-state index < -0.39 is 0 Å². The molecule has 0 aromatic heterocycles. The van der Waals surface area contributed by atoms with Crippen LogP contribution in [0.3, 0.4) is 0 Å². The third-order valence-corrected chi connectivity index (χ3v) is 5.33. The number of hydrogen-bond donors (Lipinski definition) is 1. The Kier molecular flexibility index (Phi) is 5.91. The summed E-state index contributed by atoms with van der Waals surface area (Å²) < 4.78 is 0. The fourth-order valence-corrected chi connectivity index (χ4v) is 3.80. The van der Waals surface area contributed by atoms with Gasteiger partial charge >= 0.3 is 6.03 Å². The normalized spacial score (nSPS) is 20.3. The molecular formula is C20H27N3O3. The fraction of sp³-hybridized carbons (Fsp3) is 0.550. The fourth-order valence-electron chi connectivity index (χ4n) is 3.80. The van der Waals surface area contributed by atoms with Gasteiger partial charge in [-0.25, -0.2) is 4.79 Å². The second kappa shape index (κ2) is 8.34. The summed E-state index contributed by atoms with van der Waals surface area (Å²) in [5, 5.41) is 2.94. The number of ketones is 1. The molecule has 0 aliphatic carbocycles. The molecule has 1 N–H and O–H groups in total. The van der Waals surface area contributed by atoms with E-state index in [0.29, 0.717) is 17.7 Å². The Morgan fingerprint density at radius 2 is 1.88 bits per heavy atom. The van der Waals surface area contributed by atoms with Gasteiger partial charge in [0.1, 0.15) is 0 Å². The van der Waals surface area contributed by atoms with Crippen molar-refractivity contribution >= 4 is 23.4 Å². The highest BCUT2D eigenvalue weighted by molar-refractivity contribution is 5.95. The summed E-state index contributed by atoms with van der Waals surface area (Å²) in [7, 11) is 0. The molecule has 0 bridgehead atoms. The number of carbonyl (C=O) groups is 3. The highest BCUT2D eigenvalue weighted by atomic mass is 16.2. The van der Waals surface area contributed by atoms with E-state index in [4.69, 9.17) is 0 Å². The molecule has 3 rings (SSSR count). The Labute approximate surface area is 154 Å². The van der Waals surface area contributed by atoms with Gasteiger partial charge < -0.3 is 15.1 Å². The van der Waals surface area contributed by atoms with Gasteiger partial charge in [0, 0.05) is 43.3 Å². The monoisotopic (exact) mass is 357 g/mol. The van der Waals surface area contributed by atoms with Crippen LogP contribution in [0.2, 0.25) is 0 Å². The third-order valence-electron chi connectivity index (χ3n) is 5.33. The van der Waals surface area contributed by atoms with Gasteiger partial charge in [-0.2, -0.15) is 0 Å². The van der Waals surface area contributed by atoms with Gasteiger partial charge in [-0.15, -0.1) is 0 Å². The zero-order valence-electron chi connectivity index (χ0n) is 15.4. The highest BCUT2D eigenvalue weighted by Gasteiger charge is 2.28. The Morgan fingerprint density at radius 1 is 1.12 bits per heavy atom. The lowest BCUT2D eigenvalue weighted by atomic mass is 9.99. The average molecular weight is 357 g/mol. The second-order valence-corrected chi connectivity index (χ2v) is 7.18. The first kappa shape index (κ1) is 18.4. The van der Waals surface area contributed by atoms with E-state index in [1.165, 1.54) is 6.92 Å². The Hall–Kier alpha value is -2.37. The summed E-state index contributed by atoms with van der Waals surface area (Å²) in [6.07, 6.45) is 5.56. The predicted molar refractivity (Wildman–Crippen MR) is 100 cm³/mol. The van der Waals surface area contributed by atoms with Gasteiger partial charge in [-0.3, -0.25) is 9.59 Å². The minimum absolute atomic E-state index is 0.00966. The SMILES string of the molecule is CC(=O)c1ccc(NC(=O)N2CCCCC2CCN2CCCC2=O)cc1. The summed E-state index contributed by atoms with van der Waals surface area (Å²) in [6.45, 7) is 3.86. The van der Waals surface area contributed by atoms with E-state index >= 15 is 0 Å². The number of rotatable bonds is 5. The van der Waals surface area contributed by atoms with Crippen LogP contribution in [-0.4, -0.2) is 53.2 Å². The summed E-state index contributed by atoms with van der Waals surface area (Å²) in [5.41, 5.74) is 1.33. The standard InChI is InChI=1S/C20H27N3O3/c1-15(24)16-7-9-17(10-8-16)21-20(26)23-13-3-2-5-18(23)11-14-22-12-4-6-19(22)25/h7-10,18H,2-6,11-14H2,1H3,(H,21,26). The molecule has 0 spiro atoms. The van der Waals surface area contributed by atoms with E-state index in [1.807, 2.05) is 9.80 Å². The van der Waals surface area contributed by atoms with Crippen LogP contribution in [0.5, 0.6) is 0 Å². The molecule has 2 heterocycles. The molecular weight excluding hydrogens is 330 g/mol. The van der Waals surface area contributed by atoms with E-state index in [1.54, 1.807) is 24.3 Å². The molecule has 26 heavy (non-hydrogen) atoms. The minimum Gasteiger partial charge on any atom is -0.343 e. The maximum Gasteiger partial charge on any atom is 0.322 e. The number of anilines is 1. The number of nitrogens with zero attached hydrogens (tertiary/aromatic N) is 2. The first-order valence-electron chi connectivity index (χ1n) is 9.51. The molecule has 1 aromatic carbocycles. The van der Waals surface area contributed by atoms with E-state index in [2.05, 4.69) is 5.32 Å². The molecule has 2 fully saturated rings. The Balaban J connectivity index is 1.58. The van der Waals surface area contributed by atoms with Crippen molar-refractivity contribution in [1.82, 2.24) is 9.80 Å². The molecule has 6 nitrogen and oxygen atoms in total. The molecule has 0 radical (unpaired) electrons. The number of nitrogens with one attached hydrogen (secondary N) is 1. The molecule has 0 saturated carbocycles. The average Bonchev–Trinajstić information content (AvgIpc) is 3.05. The number of piperidine rings is 1. The largest absolute Gasteiger partial charge is 0.343 e. The van der Waals surface area contributed by atoms with Crippen LogP contribution in [0.1, 0.15) is 55.8 Å². The molecule has 140 valence electrons. The Bertz CT molecular complexity index is 671. The summed E-state index contributed by atoms with van der Waals surface area (Å²) in [5.74, 6) is 0.248. The third kappa shape index (κ3) is 4.42. The number of amides is 3. The number of hydrogen-bond acceptors (Lipinski definition) is 3. The van der Waals surface area contributed by atoms with Crippen LogP contribution < -0.4 is 5.32 Å². The van der Waals surface area contributed by atoms with Gasteiger partial charge in [0.25, 0.3) is 0 Å². The molecule has 2 aliphatic heterocycles. The van der Waals surface area contributed by atoms with Crippen LogP contribution in [0.15, 0.2) is 24.3 Å². The van der Waals surface area contributed by atoms with Gasteiger partial charge in [0.2, 0.25) is 5.91 Å². The van der Waals surface area contributed by atoms with Gasteiger partial charge in [-0.1, -0.05) is 0 Å². The lowest BCUT2D eigenvalue weighted by Gasteiger charge is -2.36. The summed E-state index contributed by atoms with van der Waals surface area (Å²) >= 11 is 0. The summed E-state index contributed by atoms with van der Waals surface area (Å²) in [4.78, 5) is 39.7. The van der Waals surface area contributed by atoms with Crippen molar-refractivity contribution in [3.05, 3.63) is 29.8 Å². The maximum atomic E-state index is 12.7. The molecule has 3 amide bonds. The lowest BCUT2D eigenvalue weighted by Crippen LogP contribution is -2.47. The Morgan fingerprint density at radius 3 is 2.54 bits per heavy atom. The molecule has 2 saturated heterocycles. The van der Waals surface area contributed by atoms with Crippen LogP contribution in [0, 0.1) is 0 Å².